The summed E-state index contributed by atoms with van der Waals surface area (Å²) in [6, 6.07) is 6.42. The van der Waals surface area contributed by atoms with Crippen LogP contribution in [0.1, 0.15) is 61.9 Å². The first-order valence-electron chi connectivity index (χ1n) is 9.25. The number of ether oxygens (including phenoxy) is 1. The van der Waals surface area contributed by atoms with Gasteiger partial charge in [-0.2, -0.15) is 0 Å². The van der Waals surface area contributed by atoms with Crippen molar-refractivity contribution in [3.63, 3.8) is 0 Å². The molecule has 142 valence electrons. The van der Waals surface area contributed by atoms with Gasteiger partial charge < -0.3 is 15.4 Å². The van der Waals surface area contributed by atoms with Crippen molar-refractivity contribution in [3.8, 4) is 0 Å². The second kappa shape index (κ2) is 9.36. The smallest absolute Gasteiger partial charge is 0.329 e. The predicted octanol–water partition coefficient (Wildman–Crippen LogP) is 2.49. The summed E-state index contributed by atoms with van der Waals surface area (Å²) in [6.45, 7) is 4.98. The molecule has 0 heterocycles. The van der Waals surface area contributed by atoms with Crippen molar-refractivity contribution in [1.82, 2.24) is 10.6 Å². The molecular formula is C20H28N2O4. The fourth-order valence-corrected chi connectivity index (χ4v) is 3.02. The van der Waals surface area contributed by atoms with Gasteiger partial charge in [0.2, 0.25) is 0 Å². The molecule has 1 aromatic carbocycles. The van der Waals surface area contributed by atoms with E-state index >= 15 is 0 Å². The standard InChI is InChI=1S/C20H28N2O4/c1-13-8-7-9-16(12-13)19(24)21-14(2)20(25)26-15(3)18(23)22-17-10-5-4-6-11-17/h7-9,12,14-15,17H,4-6,10-11H2,1-3H3,(H,21,24)(H,22,23)/t14-,15-/m0/s1. The Morgan fingerprint density at radius 3 is 2.46 bits per heavy atom. The molecule has 0 radical (unpaired) electrons. The zero-order chi connectivity index (χ0) is 19.1. The first-order chi connectivity index (χ1) is 12.4. The van der Waals surface area contributed by atoms with Gasteiger partial charge in [-0.3, -0.25) is 9.59 Å². The van der Waals surface area contributed by atoms with E-state index in [1.54, 1.807) is 32.0 Å². The molecule has 0 unspecified atom stereocenters. The lowest BCUT2D eigenvalue weighted by Gasteiger charge is -2.24. The lowest BCUT2D eigenvalue weighted by Crippen LogP contribution is -2.46. The molecule has 1 saturated carbocycles. The quantitative estimate of drug-likeness (QED) is 0.764. The van der Waals surface area contributed by atoms with Crippen LogP contribution in [0, 0.1) is 6.92 Å². The number of hydrogen-bond donors (Lipinski definition) is 2. The van der Waals surface area contributed by atoms with E-state index in [1.807, 2.05) is 13.0 Å². The van der Waals surface area contributed by atoms with E-state index in [9.17, 15) is 14.4 Å². The Kier molecular flexibility index (Phi) is 7.18. The molecule has 1 aromatic rings. The summed E-state index contributed by atoms with van der Waals surface area (Å²) in [5, 5.41) is 5.54. The van der Waals surface area contributed by atoms with Crippen molar-refractivity contribution in [2.24, 2.45) is 0 Å². The van der Waals surface area contributed by atoms with Gasteiger partial charge in [-0.25, -0.2) is 4.79 Å². The largest absolute Gasteiger partial charge is 0.451 e. The van der Waals surface area contributed by atoms with Gasteiger partial charge >= 0.3 is 5.97 Å². The van der Waals surface area contributed by atoms with Crippen LogP contribution in [0.15, 0.2) is 24.3 Å². The Hall–Kier alpha value is -2.37. The molecule has 1 aliphatic carbocycles. The minimum Gasteiger partial charge on any atom is -0.451 e. The first-order valence-corrected chi connectivity index (χ1v) is 9.25. The molecule has 0 bridgehead atoms. The summed E-state index contributed by atoms with van der Waals surface area (Å²) in [5.41, 5.74) is 1.44. The monoisotopic (exact) mass is 360 g/mol. The van der Waals surface area contributed by atoms with Crippen LogP contribution in [0.2, 0.25) is 0 Å². The predicted molar refractivity (Wildman–Crippen MR) is 98.7 cm³/mol. The van der Waals surface area contributed by atoms with E-state index in [0.29, 0.717) is 5.56 Å². The number of rotatable bonds is 6. The van der Waals surface area contributed by atoms with Crippen LogP contribution in [0.5, 0.6) is 0 Å². The first kappa shape index (κ1) is 19.9. The SMILES string of the molecule is Cc1cccc(C(=O)N[C@@H](C)C(=O)O[C@@H](C)C(=O)NC2CCCCC2)c1. The third-order valence-electron chi connectivity index (χ3n) is 4.60. The summed E-state index contributed by atoms with van der Waals surface area (Å²) in [4.78, 5) is 36.5. The highest BCUT2D eigenvalue weighted by Crippen LogP contribution is 2.17. The fraction of sp³-hybridized carbons (Fsp3) is 0.550. The van der Waals surface area contributed by atoms with Crippen molar-refractivity contribution in [2.45, 2.75) is 71.1 Å². The van der Waals surface area contributed by atoms with Gasteiger partial charge in [-0.1, -0.05) is 37.0 Å². The number of esters is 1. The average molecular weight is 360 g/mol. The second-order valence-electron chi connectivity index (χ2n) is 6.99. The van der Waals surface area contributed by atoms with Crippen molar-refractivity contribution in [1.29, 1.82) is 0 Å². The molecule has 2 atom stereocenters. The normalized spacial score (nSPS) is 17.0. The second-order valence-corrected chi connectivity index (χ2v) is 6.99. The molecule has 6 heteroatoms. The van der Waals surface area contributed by atoms with Crippen LogP contribution in [0.4, 0.5) is 0 Å². The van der Waals surface area contributed by atoms with Gasteiger partial charge in [0.1, 0.15) is 6.04 Å². The van der Waals surface area contributed by atoms with Crippen LogP contribution >= 0.6 is 0 Å². The zero-order valence-corrected chi connectivity index (χ0v) is 15.7. The van der Waals surface area contributed by atoms with Gasteiger partial charge in [0, 0.05) is 11.6 Å². The van der Waals surface area contributed by atoms with E-state index in [2.05, 4.69) is 10.6 Å². The molecule has 1 fully saturated rings. The Bertz CT molecular complexity index is 653. The highest BCUT2D eigenvalue weighted by Gasteiger charge is 2.25. The van der Waals surface area contributed by atoms with Crippen LogP contribution in [0.3, 0.4) is 0 Å². The number of hydrogen-bond acceptors (Lipinski definition) is 4. The molecule has 26 heavy (non-hydrogen) atoms. The van der Waals surface area contributed by atoms with Gasteiger partial charge in [-0.15, -0.1) is 0 Å². The van der Waals surface area contributed by atoms with E-state index < -0.39 is 18.1 Å². The van der Waals surface area contributed by atoms with Crippen molar-refractivity contribution >= 4 is 17.8 Å². The Morgan fingerprint density at radius 2 is 1.81 bits per heavy atom. The van der Waals surface area contributed by atoms with Crippen LogP contribution in [0.25, 0.3) is 0 Å². The van der Waals surface area contributed by atoms with Gasteiger partial charge in [0.05, 0.1) is 0 Å². The lowest BCUT2D eigenvalue weighted by atomic mass is 9.95. The summed E-state index contributed by atoms with van der Waals surface area (Å²) in [7, 11) is 0. The Labute approximate surface area is 154 Å². The highest BCUT2D eigenvalue weighted by molar-refractivity contribution is 5.97. The summed E-state index contributed by atoms with van der Waals surface area (Å²) >= 11 is 0. The summed E-state index contributed by atoms with van der Waals surface area (Å²) in [6.07, 6.45) is 4.48. The van der Waals surface area contributed by atoms with Crippen molar-refractivity contribution in [3.05, 3.63) is 35.4 Å². The van der Waals surface area contributed by atoms with Crippen LogP contribution in [-0.2, 0) is 14.3 Å². The highest BCUT2D eigenvalue weighted by atomic mass is 16.5. The van der Waals surface area contributed by atoms with Crippen molar-refractivity contribution < 1.29 is 19.1 Å². The molecule has 0 saturated heterocycles. The topological polar surface area (TPSA) is 84.5 Å². The molecule has 6 nitrogen and oxygen atoms in total. The minimum absolute atomic E-state index is 0.163. The van der Waals surface area contributed by atoms with Gasteiger partial charge in [0.15, 0.2) is 6.10 Å². The van der Waals surface area contributed by atoms with E-state index in [1.165, 1.54) is 6.42 Å². The van der Waals surface area contributed by atoms with E-state index in [-0.39, 0.29) is 17.9 Å². The third kappa shape index (κ3) is 5.86. The molecule has 0 spiro atoms. The summed E-state index contributed by atoms with van der Waals surface area (Å²) < 4.78 is 5.21. The Balaban J connectivity index is 1.81. The minimum atomic E-state index is -0.886. The van der Waals surface area contributed by atoms with Gasteiger partial charge in [-0.05, 0) is 45.7 Å². The zero-order valence-electron chi connectivity index (χ0n) is 15.7. The number of carbonyl (C=O) groups is 3. The number of benzene rings is 1. The van der Waals surface area contributed by atoms with Crippen LogP contribution in [-0.4, -0.2) is 36.0 Å². The van der Waals surface area contributed by atoms with Crippen LogP contribution < -0.4 is 10.6 Å². The molecule has 0 aliphatic heterocycles. The molecular weight excluding hydrogens is 332 g/mol. The Morgan fingerprint density at radius 1 is 1.12 bits per heavy atom. The van der Waals surface area contributed by atoms with E-state index in [0.717, 1.165) is 31.2 Å². The summed E-state index contributed by atoms with van der Waals surface area (Å²) in [5.74, 6) is -1.27. The maximum absolute atomic E-state index is 12.2. The number of aryl methyl sites for hydroxylation is 1. The maximum atomic E-state index is 12.2. The van der Waals surface area contributed by atoms with Crippen molar-refractivity contribution in [2.75, 3.05) is 0 Å². The number of carbonyl (C=O) groups excluding carboxylic acids is 3. The maximum Gasteiger partial charge on any atom is 0.329 e. The third-order valence-corrected chi connectivity index (χ3v) is 4.60. The lowest BCUT2D eigenvalue weighted by molar-refractivity contribution is -0.156. The molecule has 2 N–H and O–H groups in total. The molecule has 0 aromatic heterocycles. The number of nitrogens with one attached hydrogen (secondary N) is 2. The number of amides is 2. The van der Waals surface area contributed by atoms with E-state index in [4.69, 9.17) is 4.74 Å². The molecule has 1 aliphatic rings. The molecule has 2 amide bonds. The average Bonchev–Trinajstić information content (AvgIpc) is 2.62. The fourth-order valence-electron chi connectivity index (χ4n) is 3.02. The van der Waals surface area contributed by atoms with Gasteiger partial charge in [0.25, 0.3) is 11.8 Å². The molecule has 2 rings (SSSR count).